The maximum atomic E-state index is 12.2. The number of hydrogen-bond acceptors (Lipinski definition) is 3. The Hall–Kier alpha value is -1.32. The number of ketones is 1. The average molecular weight is 250 g/mol. The lowest BCUT2D eigenvalue weighted by atomic mass is 9.87. The summed E-state index contributed by atoms with van der Waals surface area (Å²) in [5, 5.41) is 3.20. The molecule has 1 aliphatic rings. The number of nitrogen functional groups attached to an aromatic ring is 1. The van der Waals surface area contributed by atoms with Crippen molar-refractivity contribution in [3.05, 3.63) is 50.9 Å². The molecule has 1 heterocycles. The van der Waals surface area contributed by atoms with Crippen LogP contribution in [0.1, 0.15) is 27.0 Å². The van der Waals surface area contributed by atoms with Gasteiger partial charge in [0.2, 0.25) is 0 Å². The average Bonchev–Trinajstić information content (AvgIpc) is 2.63. The molecule has 0 saturated carbocycles. The second-order valence-corrected chi connectivity index (χ2v) is 5.09. The van der Waals surface area contributed by atoms with E-state index in [-0.39, 0.29) is 5.78 Å². The van der Waals surface area contributed by atoms with Gasteiger partial charge >= 0.3 is 0 Å². The molecule has 0 aliphatic heterocycles. The fraction of sp³-hybridized carbons (Fsp3) is 0.0833. The Morgan fingerprint density at radius 3 is 3.00 bits per heavy atom. The minimum Gasteiger partial charge on any atom is -0.390 e. The summed E-state index contributed by atoms with van der Waals surface area (Å²) in [7, 11) is 0. The van der Waals surface area contributed by atoms with Crippen molar-refractivity contribution >= 4 is 33.7 Å². The van der Waals surface area contributed by atoms with E-state index in [2.05, 4.69) is 0 Å². The molecule has 1 aromatic carbocycles. The third-order valence-electron chi connectivity index (χ3n) is 2.85. The van der Waals surface area contributed by atoms with Gasteiger partial charge in [-0.15, -0.1) is 11.3 Å². The minimum atomic E-state index is -0.00231. The van der Waals surface area contributed by atoms with Crippen LogP contribution in [0.5, 0.6) is 0 Å². The monoisotopic (exact) mass is 249 g/mol. The van der Waals surface area contributed by atoms with Crippen LogP contribution in [0.4, 0.5) is 5.00 Å². The zero-order valence-electron chi connectivity index (χ0n) is 8.29. The van der Waals surface area contributed by atoms with E-state index in [0.717, 1.165) is 11.1 Å². The van der Waals surface area contributed by atoms with Gasteiger partial charge in [0.05, 0.1) is 10.6 Å². The highest BCUT2D eigenvalue weighted by Crippen LogP contribution is 2.37. The molecule has 0 radical (unpaired) electrons. The molecule has 2 nitrogen and oxygen atoms in total. The summed E-state index contributed by atoms with van der Waals surface area (Å²) in [6.07, 6.45) is 0.698. The number of anilines is 1. The lowest BCUT2D eigenvalue weighted by Crippen LogP contribution is -2.14. The van der Waals surface area contributed by atoms with Gasteiger partial charge in [0.15, 0.2) is 5.78 Å². The van der Waals surface area contributed by atoms with Crippen LogP contribution in [0.3, 0.4) is 0 Å². The van der Waals surface area contributed by atoms with Gasteiger partial charge in [0.1, 0.15) is 0 Å². The smallest absolute Gasteiger partial charge is 0.196 e. The molecule has 0 fully saturated rings. The Kier molecular flexibility index (Phi) is 2.06. The van der Waals surface area contributed by atoms with Crippen LogP contribution in [-0.4, -0.2) is 5.78 Å². The number of benzene rings is 1. The molecule has 80 valence electrons. The highest BCUT2D eigenvalue weighted by Gasteiger charge is 2.27. The number of nitrogens with two attached hydrogens (primary N) is 1. The zero-order chi connectivity index (χ0) is 11.3. The van der Waals surface area contributed by atoms with Gasteiger partial charge in [0, 0.05) is 17.0 Å². The van der Waals surface area contributed by atoms with Gasteiger partial charge in [-0.3, -0.25) is 4.79 Å². The normalized spacial score (nSPS) is 13.4. The summed E-state index contributed by atoms with van der Waals surface area (Å²) in [5.41, 5.74) is 9.07. The van der Waals surface area contributed by atoms with Crippen LogP contribution in [0.2, 0.25) is 5.02 Å². The topological polar surface area (TPSA) is 43.1 Å². The van der Waals surface area contributed by atoms with Crippen molar-refractivity contribution in [2.45, 2.75) is 6.42 Å². The number of fused-ring (bicyclic) bond motifs is 2. The zero-order valence-corrected chi connectivity index (χ0v) is 9.86. The quantitative estimate of drug-likeness (QED) is 0.665. The third kappa shape index (κ3) is 1.22. The van der Waals surface area contributed by atoms with E-state index in [1.54, 1.807) is 6.07 Å². The molecule has 0 atom stereocenters. The molecule has 0 spiro atoms. The van der Waals surface area contributed by atoms with Crippen molar-refractivity contribution in [1.82, 2.24) is 0 Å². The van der Waals surface area contributed by atoms with E-state index in [1.165, 1.54) is 11.3 Å². The first kappa shape index (κ1) is 9.87. The number of halogens is 1. The second kappa shape index (κ2) is 3.34. The minimum absolute atomic E-state index is 0.00231. The molecule has 1 aromatic heterocycles. The molecule has 0 saturated heterocycles. The summed E-state index contributed by atoms with van der Waals surface area (Å²) >= 11 is 7.51. The molecular formula is C12H8ClNOS. The highest BCUT2D eigenvalue weighted by atomic mass is 35.5. The predicted octanol–water partition coefficient (Wildman–Crippen LogP) is 3.12. The first-order chi connectivity index (χ1) is 7.68. The summed E-state index contributed by atoms with van der Waals surface area (Å²) < 4.78 is 0. The van der Waals surface area contributed by atoms with Gasteiger partial charge in [-0.2, -0.15) is 0 Å². The Balaban J connectivity index is 2.28. The Morgan fingerprint density at radius 1 is 1.38 bits per heavy atom. The first-order valence-electron chi connectivity index (χ1n) is 4.86. The molecule has 1 aliphatic carbocycles. The van der Waals surface area contributed by atoms with Gasteiger partial charge in [-0.25, -0.2) is 0 Å². The predicted molar refractivity (Wildman–Crippen MR) is 66.4 cm³/mol. The summed E-state index contributed by atoms with van der Waals surface area (Å²) in [6, 6.07) is 5.42. The van der Waals surface area contributed by atoms with Gasteiger partial charge in [-0.05, 0) is 22.6 Å². The fourth-order valence-corrected chi connectivity index (χ4v) is 3.13. The molecule has 0 amide bonds. The van der Waals surface area contributed by atoms with E-state index < -0.39 is 0 Å². The number of carbonyl (C=O) groups is 1. The number of carbonyl (C=O) groups excluding carboxylic acids is 1. The molecule has 2 aromatic rings. The molecular weight excluding hydrogens is 242 g/mol. The van der Waals surface area contributed by atoms with Gasteiger partial charge in [-0.1, -0.05) is 23.7 Å². The summed E-state index contributed by atoms with van der Waals surface area (Å²) in [4.78, 5) is 12.2. The molecule has 0 bridgehead atoms. The van der Waals surface area contributed by atoms with Gasteiger partial charge < -0.3 is 5.73 Å². The molecule has 3 rings (SSSR count). The standard InChI is InChI=1S/C12H8ClNOS/c13-9-3-1-2-7-8(9)4-6-5-16-12(14)10(6)11(7)15/h1-3,5H,4,14H2. The van der Waals surface area contributed by atoms with E-state index in [9.17, 15) is 4.79 Å². The summed E-state index contributed by atoms with van der Waals surface area (Å²) in [5.74, 6) is -0.00231. The number of thiophene rings is 1. The van der Waals surface area contributed by atoms with Crippen molar-refractivity contribution in [3.63, 3.8) is 0 Å². The lowest BCUT2D eigenvalue weighted by molar-refractivity contribution is 0.103. The van der Waals surface area contributed by atoms with Crippen molar-refractivity contribution < 1.29 is 4.79 Å². The van der Waals surface area contributed by atoms with Crippen LogP contribution < -0.4 is 5.73 Å². The van der Waals surface area contributed by atoms with Crippen molar-refractivity contribution in [2.75, 3.05) is 5.73 Å². The molecule has 4 heteroatoms. The van der Waals surface area contributed by atoms with E-state index in [1.807, 2.05) is 17.5 Å². The Labute approximate surface area is 102 Å². The lowest BCUT2D eigenvalue weighted by Gasteiger charge is -2.16. The van der Waals surface area contributed by atoms with Crippen molar-refractivity contribution in [2.24, 2.45) is 0 Å². The van der Waals surface area contributed by atoms with Crippen LogP contribution >= 0.6 is 22.9 Å². The number of rotatable bonds is 0. The molecule has 2 N–H and O–H groups in total. The molecule has 0 unspecified atom stereocenters. The Bertz CT molecular complexity index is 603. The third-order valence-corrected chi connectivity index (χ3v) is 4.07. The van der Waals surface area contributed by atoms with E-state index in [4.69, 9.17) is 17.3 Å². The Morgan fingerprint density at radius 2 is 2.19 bits per heavy atom. The van der Waals surface area contributed by atoms with E-state index >= 15 is 0 Å². The largest absolute Gasteiger partial charge is 0.390 e. The number of hydrogen-bond donors (Lipinski definition) is 1. The maximum Gasteiger partial charge on any atom is 0.196 e. The van der Waals surface area contributed by atoms with E-state index in [0.29, 0.717) is 27.6 Å². The summed E-state index contributed by atoms with van der Waals surface area (Å²) in [6.45, 7) is 0. The van der Waals surface area contributed by atoms with Crippen molar-refractivity contribution in [3.8, 4) is 0 Å². The fourth-order valence-electron chi connectivity index (χ4n) is 2.07. The van der Waals surface area contributed by atoms with Crippen molar-refractivity contribution in [1.29, 1.82) is 0 Å². The van der Waals surface area contributed by atoms with Gasteiger partial charge in [0.25, 0.3) is 0 Å². The first-order valence-corrected chi connectivity index (χ1v) is 6.12. The molecule has 16 heavy (non-hydrogen) atoms. The second-order valence-electron chi connectivity index (χ2n) is 3.77. The van der Waals surface area contributed by atoms with Crippen LogP contribution in [0, 0.1) is 0 Å². The highest BCUT2D eigenvalue weighted by molar-refractivity contribution is 7.14. The van der Waals surface area contributed by atoms with Crippen LogP contribution in [0.15, 0.2) is 23.6 Å². The van der Waals surface area contributed by atoms with Crippen LogP contribution in [-0.2, 0) is 6.42 Å². The van der Waals surface area contributed by atoms with Crippen LogP contribution in [0.25, 0.3) is 0 Å². The maximum absolute atomic E-state index is 12.2. The SMILES string of the molecule is Nc1scc2c1C(=O)c1cccc(Cl)c1C2.